The first-order chi connectivity index (χ1) is 13.5. The molecule has 28 heavy (non-hydrogen) atoms. The lowest BCUT2D eigenvalue weighted by atomic mass is 10.1. The summed E-state index contributed by atoms with van der Waals surface area (Å²) in [6, 6.07) is 6.67. The van der Waals surface area contributed by atoms with Crippen LogP contribution in [-0.4, -0.2) is 77.8 Å². The molecule has 2 heterocycles. The molecule has 8 nitrogen and oxygen atoms in total. The van der Waals surface area contributed by atoms with Crippen molar-refractivity contribution in [3.8, 4) is 0 Å². The Morgan fingerprint density at radius 1 is 0.964 bits per heavy atom. The quantitative estimate of drug-likeness (QED) is 0.548. The highest BCUT2D eigenvalue weighted by Crippen LogP contribution is 2.22. The fourth-order valence-electron chi connectivity index (χ4n) is 3.34. The Morgan fingerprint density at radius 3 is 2.11 bits per heavy atom. The third-order valence-corrected chi connectivity index (χ3v) is 5.04. The molecule has 0 saturated carbocycles. The molecule has 8 heteroatoms. The van der Waals surface area contributed by atoms with Crippen LogP contribution in [0.3, 0.4) is 0 Å². The van der Waals surface area contributed by atoms with Crippen molar-refractivity contribution < 1.29 is 23.9 Å². The predicted molar refractivity (Wildman–Crippen MR) is 101 cm³/mol. The summed E-state index contributed by atoms with van der Waals surface area (Å²) in [5.74, 6) is -0.836. The number of hydrogen-bond acceptors (Lipinski definition) is 5. The molecule has 0 unspecified atom stereocenters. The van der Waals surface area contributed by atoms with E-state index in [9.17, 15) is 19.2 Å². The number of nitrogens with zero attached hydrogens (tertiary/aromatic N) is 3. The van der Waals surface area contributed by atoms with E-state index in [1.807, 2.05) is 6.92 Å². The van der Waals surface area contributed by atoms with E-state index in [4.69, 9.17) is 4.74 Å². The fraction of sp³-hybridized carbons (Fsp3) is 0.500. The molecule has 0 radical (unpaired) electrons. The fourth-order valence-corrected chi connectivity index (χ4v) is 3.34. The van der Waals surface area contributed by atoms with Crippen LogP contribution in [0.1, 0.15) is 46.9 Å². The zero-order valence-electron chi connectivity index (χ0n) is 16.1. The highest BCUT2D eigenvalue weighted by Gasteiger charge is 2.35. The predicted octanol–water partition coefficient (Wildman–Crippen LogP) is 1.75. The second-order valence-corrected chi connectivity index (χ2v) is 6.89. The van der Waals surface area contributed by atoms with E-state index < -0.39 is 0 Å². The minimum atomic E-state index is -0.354. The van der Waals surface area contributed by atoms with Crippen LogP contribution in [0.4, 0.5) is 4.79 Å². The summed E-state index contributed by atoms with van der Waals surface area (Å²) < 4.78 is 5.19. The van der Waals surface area contributed by atoms with Crippen molar-refractivity contribution in [1.82, 2.24) is 14.7 Å². The molecule has 4 amide bonds. The van der Waals surface area contributed by atoms with Crippen LogP contribution in [0.15, 0.2) is 24.3 Å². The Bertz CT molecular complexity index is 736. The zero-order chi connectivity index (χ0) is 20.1. The van der Waals surface area contributed by atoms with Gasteiger partial charge in [-0.2, -0.15) is 0 Å². The molecule has 1 aromatic carbocycles. The molecule has 0 atom stereocenters. The molecule has 1 saturated heterocycles. The van der Waals surface area contributed by atoms with Gasteiger partial charge in [0.25, 0.3) is 11.8 Å². The number of piperazine rings is 1. The average molecular weight is 387 g/mol. The summed E-state index contributed by atoms with van der Waals surface area (Å²) in [6.07, 6.45) is 1.53. The Hall–Kier alpha value is -2.90. The molecule has 1 aromatic rings. The number of carbonyl (C=O) groups is 4. The SMILES string of the molecule is CCCCOC(=O)N1CCN(C(=O)CCN2C(=O)c3ccccc3C2=O)CC1. The molecule has 150 valence electrons. The monoisotopic (exact) mass is 387 g/mol. The molecule has 1 fully saturated rings. The van der Waals surface area contributed by atoms with Crippen LogP contribution in [-0.2, 0) is 9.53 Å². The Kier molecular flexibility index (Phi) is 6.28. The first-order valence-corrected chi connectivity index (χ1v) is 9.67. The molecular weight excluding hydrogens is 362 g/mol. The van der Waals surface area contributed by atoms with E-state index in [0.717, 1.165) is 17.7 Å². The number of amides is 4. The van der Waals surface area contributed by atoms with Gasteiger partial charge in [-0.05, 0) is 18.6 Å². The van der Waals surface area contributed by atoms with E-state index in [1.54, 1.807) is 34.1 Å². The second-order valence-electron chi connectivity index (χ2n) is 6.89. The molecule has 2 aliphatic heterocycles. The lowest BCUT2D eigenvalue weighted by molar-refractivity contribution is -0.132. The van der Waals surface area contributed by atoms with Crippen LogP contribution in [0.25, 0.3) is 0 Å². The standard InChI is InChI=1S/C20H25N3O5/c1-2-3-14-28-20(27)22-12-10-21(11-13-22)17(24)8-9-23-18(25)15-6-4-5-7-16(15)19(23)26/h4-7H,2-3,8-14H2,1H3. The largest absolute Gasteiger partial charge is 0.449 e. The Morgan fingerprint density at radius 2 is 1.54 bits per heavy atom. The van der Waals surface area contributed by atoms with Crippen molar-refractivity contribution in [3.63, 3.8) is 0 Å². The number of imide groups is 1. The van der Waals surface area contributed by atoms with Crippen LogP contribution in [0, 0.1) is 0 Å². The van der Waals surface area contributed by atoms with Crippen LogP contribution in [0.2, 0.25) is 0 Å². The molecule has 0 aliphatic carbocycles. The normalized spacial score (nSPS) is 16.4. The van der Waals surface area contributed by atoms with Gasteiger partial charge < -0.3 is 14.5 Å². The molecule has 2 aliphatic rings. The van der Waals surface area contributed by atoms with Gasteiger partial charge in [0.05, 0.1) is 17.7 Å². The van der Waals surface area contributed by atoms with Gasteiger partial charge in [-0.3, -0.25) is 19.3 Å². The number of unbranched alkanes of at least 4 members (excludes halogenated alkanes) is 1. The minimum absolute atomic E-state index is 0.0600. The molecular formula is C20H25N3O5. The number of fused-ring (bicyclic) bond motifs is 1. The van der Waals surface area contributed by atoms with Gasteiger partial charge in [-0.25, -0.2) is 4.79 Å². The van der Waals surface area contributed by atoms with E-state index >= 15 is 0 Å². The maximum Gasteiger partial charge on any atom is 0.409 e. The van der Waals surface area contributed by atoms with Crippen molar-refractivity contribution >= 4 is 23.8 Å². The summed E-state index contributed by atoms with van der Waals surface area (Å²) in [5, 5.41) is 0. The van der Waals surface area contributed by atoms with Crippen molar-refractivity contribution in [2.45, 2.75) is 26.2 Å². The highest BCUT2D eigenvalue weighted by atomic mass is 16.6. The van der Waals surface area contributed by atoms with Crippen molar-refractivity contribution in [3.05, 3.63) is 35.4 Å². The van der Waals surface area contributed by atoms with Crippen molar-refractivity contribution in [1.29, 1.82) is 0 Å². The average Bonchev–Trinajstić information content (AvgIpc) is 2.97. The highest BCUT2D eigenvalue weighted by molar-refractivity contribution is 6.21. The van der Waals surface area contributed by atoms with E-state index in [-0.39, 0.29) is 36.8 Å². The first-order valence-electron chi connectivity index (χ1n) is 9.67. The summed E-state index contributed by atoms with van der Waals surface area (Å²) in [5.41, 5.74) is 0.769. The van der Waals surface area contributed by atoms with Crippen molar-refractivity contribution in [2.75, 3.05) is 39.3 Å². The van der Waals surface area contributed by atoms with Gasteiger partial charge in [0.15, 0.2) is 0 Å². The minimum Gasteiger partial charge on any atom is -0.449 e. The topological polar surface area (TPSA) is 87.2 Å². The number of ether oxygens (including phenoxy) is 1. The second kappa shape index (κ2) is 8.86. The van der Waals surface area contributed by atoms with Gasteiger partial charge in [0, 0.05) is 39.1 Å². The third kappa shape index (κ3) is 4.16. The maximum absolute atomic E-state index is 12.5. The van der Waals surface area contributed by atoms with E-state index in [2.05, 4.69) is 0 Å². The van der Waals surface area contributed by atoms with Crippen LogP contribution < -0.4 is 0 Å². The summed E-state index contributed by atoms with van der Waals surface area (Å²) in [6.45, 7) is 4.18. The maximum atomic E-state index is 12.5. The zero-order valence-corrected chi connectivity index (χ0v) is 16.1. The van der Waals surface area contributed by atoms with Crippen LogP contribution >= 0.6 is 0 Å². The van der Waals surface area contributed by atoms with Gasteiger partial charge in [-0.1, -0.05) is 25.5 Å². The smallest absolute Gasteiger partial charge is 0.409 e. The number of carbonyl (C=O) groups excluding carboxylic acids is 4. The van der Waals surface area contributed by atoms with Gasteiger partial charge in [0.2, 0.25) is 5.91 Å². The molecule has 0 spiro atoms. The van der Waals surface area contributed by atoms with Gasteiger partial charge in [-0.15, -0.1) is 0 Å². The number of hydrogen-bond donors (Lipinski definition) is 0. The molecule has 3 rings (SSSR count). The van der Waals surface area contributed by atoms with E-state index in [0.29, 0.717) is 43.9 Å². The summed E-state index contributed by atoms with van der Waals surface area (Å²) in [4.78, 5) is 53.5. The van der Waals surface area contributed by atoms with Crippen molar-refractivity contribution in [2.24, 2.45) is 0 Å². The van der Waals surface area contributed by atoms with Gasteiger partial charge in [0.1, 0.15) is 0 Å². The Labute approximate surface area is 164 Å². The Balaban J connectivity index is 1.45. The number of rotatable bonds is 6. The van der Waals surface area contributed by atoms with E-state index in [1.165, 1.54) is 0 Å². The third-order valence-electron chi connectivity index (χ3n) is 5.04. The molecule has 0 bridgehead atoms. The van der Waals surface area contributed by atoms with Gasteiger partial charge >= 0.3 is 6.09 Å². The first kappa shape index (κ1) is 19.9. The lowest BCUT2D eigenvalue weighted by Crippen LogP contribution is -2.51. The molecule has 0 N–H and O–H groups in total. The summed E-state index contributed by atoms with van der Waals surface area (Å²) in [7, 11) is 0. The number of benzene rings is 1. The van der Waals surface area contributed by atoms with Crippen LogP contribution in [0.5, 0.6) is 0 Å². The lowest BCUT2D eigenvalue weighted by Gasteiger charge is -2.34. The summed E-state index contributed by atoms with van der Waals surface area (Å²) >= 11 is 0. The molecule has 0 aromatic heterocycles.